The molecule has 0 radical (unpaired) electrons. The van der Waals surface area contributed by atoms with Gasteiger partial charge in [-0.1, -0.05) is 61.7 Å². The van der Waals surface area contributed by atoms with E-state index in [1.807, 2.05) is 36.4 Å². The molecule has 0 atom stereocenters. The number of aromatic amines is 1. The first-order valence-corrected chi connectivity index (χ1v) is 11.2. The van der Waals surface area contributed by atoms with Crippen LogP contribution < -0.4 is 16.8 Å². The van der Waals surface area contributed by atoms with Gasteiger partial charge in [-0.3, -0.25) is 5.41 Å². The first-order chi connectivity index (χ1) is 15.7. The van der Waals surface area contributed by atoms with Crippen molar-refractivity contribution in [3.05, 3.63) is 65.5 Å². The summed E-state index contributed by atoms with van der Waals surface area (Å²) < 4.78 is 0. The van der Waals surface area contributed by atoms with Crippen molar-refractivity contribution >= 4 is 33.6 Å². The zero-order valence-electron chi connectivity index (χ0n) is 18.5. The third-order valence-corrected chi connectivity index (χ3v) is 5.96. The van der Waals surface area contributed by atoms with Crippen LogP contribution in [-0.4, -0.2) is 33.9 Å². The maximum atomic E-state index is 7.74. The summed E-state index contributed by atoms with van der Waals surface area (Å²) >= 11 is 0. The van der Waals surface area contributed by atoms with E-state index in [0.717, 1.165) is 33.6 Å². The predicted octanol–water partition coefficient (Wildman–Crippen LogP) is 4.31. The van der Waals surface area contributed by atoms with Gasteiger partial charge in [0.1, 0.15) is 23.1 Å². The van der Waals surface area contributed by atoms with Gasteiger partial charge in [0.2, 0.25) is 0 Å². The first kappa shape index (κ1) is 21.8. The maximum absolute atomic E-state index is 7.74. The first-order valence-electron chi connectivity index (χ1n) is 11.2. The summed E-state index contributed by atoms with van der Waals surface area (Å²) in [6, 6.07) is 16.6. The zero-order valence-corrected chi connectivity index (χ0v) is 18.5. The molecule has 2 heterocycles. The van der Waals surface area contributed by atoms with E-state index in [0.29, 0.717) is 18.0 Å². The number of rotatable bonds is 5. The number of anilines is 1. The molecule has 2 aromatic heterocycles. The number of benzene rings is 2. The normalized spacial score (nSPS) is 14.2. The van der Waals surface area contributed by atoms with E-state index in [1.165, 1.54) is 44.7 Å². The van der Waals surface area contributed by atoms with Gasteiger partial charge in [-0.05, 0) is 31.5 Å². The molecule has 0 spiro atoms. The van der Waals surface area contributed by atoms with Gasteiger partial charge in [0.25, 0.3) is 0 Å². The molecule has 7 N–H and O–H groups in total. The highest BCUT2D eigenvalue weighted by Gasteiger charge is 2.19. The van der Waals surface area contributed by atoms with Crippen molar-refractivity contribution in [3.63, 3.8) is 0 Å². The monoisotopic (exact) mass is 429 g/mol. The van der Waals surface area contributed by atoms with E-state index in [4.69, 9.17) is 21.1 Å². The standard InChI is InChI=1S/C24H26N6.CH5N/c25-22(26)16-11-12-18-19(14-16)28-24-21(18)23(27-17-9-5-2-6-10-17)29-20(30-24)13-15-7-3-1-4-8-15;1-2/h1,3-4,7-8,11-12,14,17H,2,5-6,9-10,13H2,(H3,25,26)(H2,27,28,29,30);2H2,1H3. The lowest BCUT2D eigenvalue weighted by Gasteiger charge is -2.24. The van der Waals surface area contributed by atoms with Gasteiger partial charge >= 0.3 is 0 Å². The van der Waals surface area contributed by atoms with Crippen LogP contribution in [0.4, 0.5) is 5.82 Å². The van der Waals surface area contributed by atoms with Crippen LogP contribution >= 0.6 is 0 Å². The molecule has 1 saturated carbocycles. The number of hydrogen-bond acceptors (Lipinski definition) is 5. The summed E-state index contributed by atoms with van der Waals surface area (Å²) in [5, 5.41) is 13.5. The predicted molar refractivity (Wildman–Crippen MR) is 132 cm³/mol. The molecular formula is C25H31N7. The van der Waals surface area contributed by atoms with Crippen molar-refractivity contribution in [2.75, 3.05) is 12.4 Å². The van der Waals surface area contributed by atoms with Gasteiger partial charge in [-0.15, -0.1) is 0 Å². The van der Waals surface area contributed by atoms with Gasteiger partial charge in [0.05, 0.1) is 5.39 Å². The Kier molecular flexibility index (Phi) is 6.66. The summed E-state index contributed by atoms with van der Waals surface area (Å²) in [4.78, 5) is 13.2. The zero-order chi connectivity index (χ0) is 22.5. The molecule has 5 rings (SSSR count). The Labute approximate surface area is 188 Å². The molecule has 7 heteroatoms. The molecule has 0 saturated heterocycles. The highest BCUT2D eigenvalue weighted by molar-refractivity contribution is 6.12. The quantitative estimate of drug-likeness (QED) is 0.238. The Hall–Kier alpha value is -3.45. The second-order valence-corrected chi connectivity index (χ2v) is 8.15. The van der Waals surface area contributed by atoms with Gasteiger partial charge in [-0.2, -0.15) is 0 Å². The third kappa shape index (κ3) is 4.57. The summed E-state index contributed by atoms with van der Waals surface area (Å²) in [6.45, 7) is 0. The van der Waals surface area contributed by atoms with E-state index in [2.05, 4.69) is 28.2 Å². The van der Waals surface area contributed by atoms with Crippen molar-refractivity contribution in [1.29, 1.82) is 5.41 Å². The smallest absolute Gasteiger partial charge is 0.144 e. The molecule has 1 aliphatic carbocycles. The Morgan fingerprint density at radius 2 is 1.81 bits per heavy atom. The molecule has 166 valence electrons. The molecule has 32 heavy (non-hydrogen) atoms. The van der Waals surface area contributed by atoms with E-state index in [-0.39, 0.29) is 5.84 Å². The molecule has 2 aromatic carbocycles. The van der Waals surface area contributed by atoms with Crippen molar-refractivity contribution in [2.45, 2.75) is 44.6 Å². The van der Waals surface area contributed by atoms with Crippen LogP contribution in [0.3, 0.4) is 0 Å². The van der Waals surface area contributed by atoms with Crippen molar-refractivity contribution in [3.8, 4) is 0 Å². The number of nitrogens with two attached hydrogens (primary N) is 2. The summed E-state index contributed by atoms with van der Waals surface area (Å²) in [7, 11) is 1.50. The summed E-state index contributed by atoms with van der Waals surface area (Å²) in [5.41, 5.74) is 13.8. The number of nitrogen functional groups attached to an aromatic ring is 1. The lowest BCUT2D eigenvalue weighted by Crippen LogP contribution is -2.23. The van der Waals surface area contributed by atoms with Gasteiger partial charge in [-0.25, -0.2) is 9.97 Å². The van der Waals surface area contributed by atoms with Crippen LogP contribution in [0.1, 0.15) is 49.1 Å². The topological polar surface area (TPSA) is 129 Å². The minimum absolute atomic E-state index is 0.0620. The Balaban J connectivity index is 0.00000119. The van der Waals surface area contributed by atoms with E-state index in [1.54, 1.807) is 0 Å². The van der Waals surface area contributed by atoms with Crippen LogP contribution in [0.25, 0.3) is 21.9 Å². The molecule has 1 aliphatic rings. The molecule has 0 bridgehead atoms. The number of nitrogens with zero attached hydrogens (tertiary/aromatic N) is 2. The van der Waals surface area contributed by atoms with Gasteiger partial charge < -0.3 is 21.8 Å². The third-order valence-electron chi connectivity index (χ3n) is 5.96. The largest absolute Gasteiger partial charge is 0.384 e. The second kappa shape index (κ2) is 9.78. The van der Waals surface area contributed by atoms with Crippen LogP contribution in [-0.2, 0) is 6.42 Å². The van der Waals surface area contributed by atoms with E-state index >= 15 is 0 Å². The maximum Gasteiger partial charge on any atom is 0.144 e. The van der Waals surface area contributed by atoms with Crippen LogP contribution in [0, 0.1) is 5.41 Å². The highest BCUT2D eigenvalue weighted by atomic mass is 15.1. The average Bonchev–Trinajstić information content (AvgIpc) is 3.19. The van der Waals surface area contributed by atoms with Crippen molar-refractivity contribution in [2.24, 2.45) is 11.5 Å². The Morgan fingerprint density at radius 1 is 1.06 bits per heavy atom. The lowest BCUT2D eigenvalue weighted by atomic mass is 9.95. The minimum atomic E-state index is 0.0620. The number of amidine groups is 1. The number of hydrogen-bond donors (Lipinski definition) is 5. The fraction of sp³-hybridized carbons (Fsp3) is 0.320. The second-order valence-electron chi connectivity index (χ2n) is 8.15. The Morgan fingerprint density at radius 3 is 2.53 bits per heavy atom. The van der Waals surface area contributed by atoms with Crippen LogP contribution in [0.15, 0.2) is 48.5 Å². The average molecular weight is 430 g/mol. The number of H-pyrrole nitrogens is 1. The van der Waals surface area contributed by atoms with E-state index in [9.17, 15) is 0 Å². The highest BCUT2D eigenvalue weighted by Crippen LogP contribution is 2.32. The molecule has 0 amide bonds. The molecule has 7 nitrogen and oxygen atoms in total. The van der Waals surface area contributed by atoms with Crippen molar-refractivity contribution in [1.82, 2.24) is 15.0 Å². The fourth-order valence-corrected chi connectivity index (χ4v) is 4.42. The number of aromatic nitrogens is 3. The van der Waals surface area contributed by atoms with Crippen LogP contribution in [0.5, 0.6) is 0 Å². The van der Waals surface area contributed by atoms with E-state index < -0.39 is 0 Å². The molecule has 4 aromatic rings. The molecule has 0 unspecified atom stereocenters. The Bertz CT molecular complexity index is 1210. The van der Waals surface area contributed by atoms with Crippen molar-refractivity contribution < 1.29 is 0 Å². The minimum Gasteiger partial charge on any atom is -0.384 e. The molecule has 1 fully saturated rings. The van der Waals surface area contributed by atoms with Gasteiger partial charge in [0, 0.05) is 28.9 Å². The van der Waals surface area contributed by atoms with Gasteiger partial charge in [0.15, 0.2) is 0 Å². The summed E-state index contributed by atoms with van der Waals surface area (Å²) in [6.07, 6.45) is 6.88. The summed E-state index contributed by atoms with van der Waals surface area (Å²) in [5.74, 6) is 1.76. The number of fused-ring (bicyclic) bond motifs is 3. The number of nitrogens with one attached hydrogen (secondary N) is 3. The fourth-order valence-electron chi connectivity index (χ4n) is 4.42. The van der Waals surface area contributed by atoms with Crippen LogP contribution in [0.2, 0.25) is 0 Å². The SMILES string of the molecule is CN.N=C(N)c1ccc2c(c1)[nH]c1nc(Cc3ccccc3)nc(NC3CCCCC3)c12. The molecule has 0 aliphatic heterocycles. The molecular weight excluding hydrogens is 398 g/mol. The lowest BCUT2D eigenvalue weighted by molar-refractivity contribution is 0.462.